The second-order valence-corrected chi connectivity index (χ2v) is 6.50. The molecule has 5 heteroatoms. The molecule has 1 N–H and O–H groups in total. The van der Waals surface area contributed by atoms with E-state index in [-0.39, 0.29) is 11.9 Å². The van der Waals surface area contributed by atoms with Crippen molar-refractivity contribution in [3.8, 4) is 5.75 Å². The van der Waals surface area contributed by atoms with E-state index in [0.717, 1.165) is 34.7 Å². The first kappa shape index (κ1) is 17.4. The minimum Gasteiger partial charge on any atom is -0.496 e. The molecule has 1 aliphatic heterocycles. The van der Waals surface area contributed by atoms with E-state index in [1.54, 1.807) is 7.11 Å². The van der Waals surface area contributed by atoms with E-state index < -0.39 is 0 Å². The zero-order valence-electron chi connectivity index (χ0n) is 15.1. The smallest absolute Gasteiger partial charge is 0.221 e. The molecule has 1 atom stereocenters. The summed E-state index contributed by atoms with van der Waals surface area (Å²) in [4.78, 5) is 19.1. The van der Waals surface area contributed by atoms with Gasteiger partial charge in [-0.15, -0.1) is 0 Å². The van der Waals surface area contributed by atoms with Gasteiger partial charge in [-0.1, -0.05) is 30.3 Å². The molecular weight excluding hydrogens is 314 g/mol. The van der Waals surface area contributed by atoms with Gasteiger partial charge in [-0.2, -0.15) is 0 Å². The number of aryl methyl sites for hydroxylation is 1. The van der Waals surface area contributed by atoms with Gasteiger partial charge in [0.05, 0.1) is 12.8 Å². The van der Waals surface area contributed by atoms with Crippen LogP contribution >= 0.6 is 0 Å². The first-order valence-electron chi connectivity index (χ1n) is 8.65. The summed E-state index contributed by atoms with van der Waals surface area (Å²) < 4.78 is 5.53. The lowest BCUT2D eigenvalue weighted by Gasteiger charge is -2.29. The number of carbonyl (C=O) groups excluding carboxylic acids is 1. The van der Waals surface area contributed by atoms with Gasteiger partial charge in [0.1, 0.15) is 5.75 Å². The molecule has 25 heavy (non-hydrogen) atoms. The lowest BCUT2D eigenvalue weighted by atomic mass is 10.0. The predicted molar refractivity (Wildman–Crippen MR) is 97.5 cm³/mol. The molecule has 0 saturated carbocycles. The summed E-state index contributed by atoms with van der Waals surface area (Å²) >= 11 is 0. The van der Waals surface area contributed by atoms with Crippen LogP contribution in [0.15, 0.2) is 36.5 Å². The minimum atomic E-state index is 0.0530. The maximum Gasteiger partial charge on any atom is 0.221 e. The Morgan fingerprint density at radius 2 is 2.04 bits per heavy atom. The van der Waals surface area contributed by atoms with Crippen LogP contribution in [0.25, 0.3) is 0 Å². The molecule has 132 valence electrons. The van der Waals surface area contributed by atoms with Crippen molar-refractivity contribution in [3.63, 3.8) is 0 Å². The Morgan fingerprint density at radius 3 is 2.76 bits per heavy atom. The topological polar surface area (TPSA) is 54.5 Å². The third kappa shape index (κ3) is 3.82. The van der Waals surface area contributed by atoms with Crippen LogP contribution in [0.3, 0.4) is 0 Å². The molecular formula is C20H25N3O2. The number of nitrogens with zero attached hydrogens (tertiary/aromatic N) is 2. The van der Waals surface area contributed by atoms with E-state index in [0.29, 0.717) is 19.5 Å². The number of hydrogen-bond donors (Lipinski definition) is 1. The Hall–Kier alpha value is -2.40. The van der Waals surface area contributed by atoms with Crippen molar-refractivity contribution in [2.75, 3.05) is 20.2 Å². The molecule has 2 aromatic rings. The van der Waals surface area contributed by atoms with E-state index >= 15 is 0 Å². The number of nitrogens with one attached hydrogen (secondary N) is 1. The Labute approximate surface area is 149 Å². The normalized spacial score (nSPS) is 18.5. The number of benzene rings is 1. The SMILES string of the molecule is COc1c(C)cnc(CN2CCNC(=O)C[C@@H]2c2ccccc2)c1C. The van der Waals surface area contributed by atoms with Crippen molar-refractivity contribution in [2.45, 2.75) is 32.9 Å². The molecule has 0 spiro atoms. The molecule has 1 aromatic carbocycles. The summed E-state index contributed by atoms with van der Waals surface area (Å²) in [6.07, 6.45) is 2.33. The zero-order chi connectivity index (χ0) is 17.8. The van der Waals surface area contributed by atoms with Crippen LogP contribution in [0.4, 0.5) is 0 Å². The molecule has 1 amide bonds. The molecule has 5 nitrogen and oxygen atoms in total. The highest BCUT2D eigenvalue weighted by molar-refractivity contribution is 5.77. The summed E-state index contributed by atoms with van der Waals surface area (Å²) in [5, 5.41) is 2.98. The Morgan fingerprint density at radius 1 is 1.28 bits per heavy atom. The highest BCUT2D eigenvalue weighted by atomic mass is 16.5. The molecule has 1 saturated heterocycles. The van der Waals surface area contributed by atoms with E-state index in [9.17, 15) is 4.79 Å². The van der Waals surface area contributed by atoms with E-state index in [4.69, 9.17) is 4.74 Å². The third-order valence-electron chi connectivity index (χ3n) is 4.83. The van der Waals surface area contributed by atoms with Gasteiger partial charge in [-0.25, -0.2) is 0 Å². The van der Waals surface area contributed by atoms with Crippen molar-refractivity contribution < 1.29 is 9.53 Å². The van der Waals surface area contributed by atoms with Crippen LogP contribution in [0.5, 0.6) is 5.75 Å². The van der Waals surface area contributed by atoms with Crippen LogP contribution in [-0.4, -0.2) is 36.0 Å². The first-order chi connectivity index (χ1) is 12.1. The molecule has 0 bridgehead atoms. The molecule has 0 radical (unpaired) electrons. The molecule has 0 aliphatic carbocycles. The second-order valence-electron chi connectivity index (χ2n) is 6.50. The summed E-state index contributed by atoms with van der Waals surface area (Å²) in [6, 6.07) is 10.3. The lowest BCUT2D eigenvalue weighted by molar-refractivity contribution is -0.121. The standard InChI is InChI=1S/C20H25N3O2/c1-14-12-22-17(15(2)20(14)25-3)13-23-10-9-21-19(24)11-18(23)16-7-5-4-6-8-16/h4-8,12,18H,9-11,13H2,1-3H3,(H,21,24)/t18-/m1/s1. The summed E-state index contributed by atoms with van der Waals surface area (Å²) in [6.45, 7) is 6.20. The number of rotatable bonds is 4. The monoisotopic (exact) mass is 339 g/mol. The van der Waals surface area contributed by atoms with Crippen molar-refractivity contribution in [1.82, 2.24) is 15.2 Å². The number of methoxy groups -OCH3 is 1. The van der Waals surface area contributed by atoms with Gasteiger partial charge in [-0.05, 0) is 19.4 Å². The van der Waals surface area contributed by atoms with Gasteiger partial charge >= 0.3 is 0 Å². The van der Waals surface area contributed by atoms with Gasteiger partial charge in [0.15, 0.2) is 0 Å². The van der Waals surface area contributed by atoms with E-state index in [2.05, 4.69) is 27.3 Å². The number of pyridine rings is 1. The molecule has 2 heterocycles. The van der Waals surface area contributed by atoms with Crippen LogP contribution in [0.2, 0.25) is 0 Å². The average molecular weight is 339 g/mol. The fraction of sp³-hybridized carbons (Fsp3) is 0.400. The van der Waals surface area contributed by atoms with E-state index in [1.165, 1.54) is 0 Å². The maximum atomic E-state index is 12.1. The maximum absolute atomic E-state index is 12.1. The molecule has 1 aliphatic rings. The number of ether oxygens (including phenoxy) is 1. The van der Waals surface area contributed by atoms with Gasteiger partial charge in [-0.3, -0.25) is 14.7 Å². The van der Waals surface area contributed by atoms with Gasteiger partial charge in [0, 0.05) is 49.4 Å². The Bertz CT molecular complexity index is 746. The first-order valence-corrected chi connectivity index (χ1v) is 8.65. The highest BCUT2D eigenvalue weighted by Gasteiger charge is 2.27. The Kier molecular flexibility index (Phi) is 5.34. The van der Waals surface area contributed by atoms with Crippen LogP contribution < -0.4 is 10.1 Å². The Balaban J connectivity index is 1.92. The molecule has 3 rings (SSSR count). The van der Waals surface area contributed by atoms with Crippen molar-refractivity contribution in [1.29, 1.82) is 0 Å². The molecule has 0 unspecified atom stereocenters. The van der Waals surface area contributed by atoms with Crippen molar-refractivity contribution in [3.05, 3.63) is 58.9 Å². The molecule has 1 fully saturated rings. The fourth-order valence-corrected chi connectivity index (χ4v) is 3.49. The number of amides is 1. The highest BCUT2D eigenvalue weighted by Crippen LogP contribution is 2.30. The van der Waals surface area contributed by atoms with Crippen LogP contribution in [0, 0.1) is 13.8 Å². The second kappa shape index (κ2) is 7.66. The molecule has 1 aromatic heterocycles. The number of aromatic nitrogens is 1. The quantitative estimate of drug-likeness (QED) is 0.931. The third-order valence-corrected chi connectivity index (χ3v) is 4.83. The zero-order valence-corrected chi connectivity index (χ0v) is 15.1. The predicted octanol–water partition coefficient (Wildman–Crippen LogP) is 2.77. The number of carbonyl (C=O) groups is 1. The average Bonchev–Trinajstić information content (AvgIpc) is 2.80. The van der Waals surface area contributed by atoms with Crippen molar-refractivity contribution >= 4 is 5.91 Å². The number of hydrogen-bond acceptors (Lipinski definition) is 4. The summed E-state index contributed by atoms with van der Waals surface area (Å²) in [5.74, 6) is 0.993. The minimum absolute atomic E-state index is 0.0530. The lowest BCUT2D eigenvalue weighted by Crippen LogP contribution is -2.31. The van der Waals surface area contributed by atoms with Crippen LogP contribution in [-0.2, 0) is 11.3 Å². The van der Waals surface area contributed by atoms with Crippen molar-refractivity contribution in [2.24, 2.45) is 0 Å². The summed E-state index contributed by atoms with van der Waals surface area (Å²) in [7, 11) is 1.69. The largest absolute Gasteiger partial charge is 0.496 e. The van der Waals surface area contributed by atoms with Gasteiger partial charge < -0.3 is 10.1 Å². The van der Waals surface area contributed by atoms with Crippen LogP contribution in [0.1, 0.15) is 34.8 Å². The van der Waals surface area contributed by atoms with Gasteiger partial charge in [0.2, 0.25) is 5.91 Å². The van der Waals surface area contributed by atoms with Gasteiger partial charge in [0.25, 0.3) is 0 Å². The summed E-state index contributed by atoms with van der Waals surface area (Å²) in [5.41, 5.74) is 4.27. The fourth-order valence-electron chi connectivity index (χ4n) is 3.49. The van der Waals surface area contributed by atoms with E-state index in [1.807, 2.05) is 38.2 Å².